The van der Waals surface area contributed by atoms with Crippen molar-refractivity contribution in [1.82, 2.24) is 0 Å². The van der Waals surface area contributed by atoms with Gasteiger partial charge in [0.15, 0.2) is 0 Å². The maximum Gasteiger partial charge on any atom is 0.416 e. The maximum atomic E-state index is 12.5. The van der Waals surface area contributed by atoms with Gasteiger partial charge in [-0.1, -0.05) is 22.0 Å². The van der Waals surface area contributed by atoms with Gasteiger partial charge in [0, 0.05) is 4.47 Å². The van der Waals surface area contributed by atoms with Gasteiger partial charge in [-0.2, -0.15) is 13.2 Å². The Labute approximate surface area is 84.1 Å². The maximum absolute atomic E-state index is 12.5. The molecule has 0 saturated heterocycles. The summed E-state index contributed by atoms with van der Waals surface area (Å²) in [5.74, 6) is 0. The first-order valence-electron chi connectivity index (χ1n) is 4.22. The minimum Gasteiger partial charge on any atom is -0.392 e. The summed E-state index contributed by atoms with van der Waals surface area (Å²) in [6.07, 6.45) is -4.70. The van der Waals surface area contributed by atoms with Crippen molar-refractivity contribution in [3.05, 3.63) is 33.8 Å². The summed E-state index contributed by atoms with van der Waals surface area (Å²) in [6, 6.07) is 2.86. The van der Waals surface area contributed by atoms with E-state index >= 15 is 0 Å². The lowest BCUT2D eigenvalue weighted by molar-refractivity contribution is -0.138. The Kier molecular flexibility index (Phi) is 2.21. The molecule has 0 radical (unpaired) electrons. The smallest absolute Gasteiger partial charge is 0.392 e. The van der Waals surface area contributed by atoms with Crippen molar-refractivity contribution in [3.8, 4) is 0 Å². The van der Waals surface area contributed by atoms with Gasteiger partial charge in [0.1, 0.15) is 0 Å². The van der Waals surface area contributed by atoms with Crippen LogP contribution in [0.1, 0.15) is 13.9 Å². The summed E-state index contributed by atoms with van der Waals surface area (Å²) in [4.78, 5) is 0. The number of hydrogen-bond acceptors (Lipinski definition) is 1. The molecular formula is C8H6BrF3O. The van der Waals surface area contributed by atoms with Crippen LogP contribution in [-0.2, 0) is 12.7 Å². The van der Waals surface area contributed by atoms with Crippen LogP contribution in [0.2, 0.25) is 0 Å². The quantitative estimate of drug-likeness (QED) is 0.819. The summed E-state index contributed by atoms with van der Waals surface area (Å²) in [5.41, 5.74) is -1.98. The molecule has 0 atom stereocenters. The second-order valence-corrected chi connectivity index (χ2v) is 3.22. The minimum atomic E-state index is -4.70. The first kappa shape index (κ1) is 7.82. The molecule has 0 unspecified atom stereocenters. The highest BCUT2D eigenvalue weighted by atomic mass is 79.9. The van der Waals surface area contributed by atoms with Gasteiger partial charge < -0.3 is 5.11 Å². The Morgan fingerprint density at radius 3 is 2.54 bits per heavy atom. The van der Waals surface area contributed by atoms with Crippen molar-refractivity contribution in [2.24, 2.45) is 0 Å². The van der Waals surface area contributed by atoms with Gasteiger partial charge >= 0.3 is 6.18 Å². The van der Waals surface area contributed by atoms with Crippen LogP contribution in [0, 0.1) is 0 Å². The van der Waals surface area contributed by atoms with Crippen LogP contribution < -0.4 is 0 Å². The van der Waals surface area contributed by atoms with E-state index in [1.54, 1.807) is 0 Å². The largest absolute Gasteiger partial charge is 0.416 e. The zero-order chi connectivity index (χ0) is 11.9. The van der Waals surface area contributed by atoms with E-state index in [9.17, 15) is 13.2 Å². The molecule has 0 aliphatic carbocycles. The highest BCUT2D eigenvalue weighted by Gasteiger charge is 2.33. The molecule has 1 nitrogen and oxygen atoms in total. The fourth-order valence-corrected chi connectivity index (χ4v) is 1.21. The van der Waals surface area contributed by atoms with E-state index in [1.807, 2.05) is 0 Å². The molecular weight excluding hydrogens is 249 g/mol. The van der Waals surface area contributed by atoms with Gasteiger partial charge in [0.25, 0.3) is 0 Å². The van der Waals surface area contributed by atoms with Gasteiger partial charge in [-0.15, -0.1) is 0 Å². The second-order valence-electron chi connectivity index (χ2n) is 2.30. The van der Waals surface area contributed by atoms with Crippen LogP contribution in [0.5, 0.6) is 0 Å². The van der Waals surface area contributed by atoms with Gasteiger partial charge in [-0.05, 0) is 17.7 Å². The Hall–Kier alpha value is -0.550. The standard InChI is InChI=1S/C8H6BrF3O/c9-6-2-1-5(4-13)7(3-6)8(10,11)12/h1-3,13H,4H2/i4D2. The number of hydrogen-bond donors (Lipinski definition) is 1. The van der Waals surface area contributed by atoms with Gasteiger partial charge in [0.2, 0.25) is 0 Å². The fourth-order valence-electron chi connectivity index (χ4n) is 0.848. The van der Waals surface area contributed by atoms with E-state index in [0.717, 1.165) is 12.1 Å². The topological polar surface area (TPSA) is 20.2 Å². The summed E-state index contributed by atoms with van der Waals surface area (Å²) in [5, 5.41) is 8.94. The Morgan fingerprint density at radius 2 is 2.08 bits per heavy atom. The molecule has 13 heavy (non-hydrogen) atoms. The van der Waals surface area contributed by atoms with Crippen molar-refractivity contribution in [2.45, 2.75) is 12.7 Å². The van der Waals surface area contributed by atoms with Crippen molar-refractivity contribution in [1.29, 1.82) is 0 Å². The Balaban J connectivity index is 3.41. The van der Waals surface area contributed by atoms with E-state index in [4.69, 9.17) is 7.85 Å². The third kappa shape index (κ3) is 2.45. The van der Waals surface area contributed by atoms with Crippen molar-refractivity contribution in [3.63, 3.8) is 0 Å². The molecule has 0 amide bonds. The zero-order valence-corrected chi connectivity index (χ0v) is 7.78. The first-order chi connectivity index (χ1) is 6.62. The second kappa shape index (κ2) is 3.67. The van der Waals surface area contributed by atoms with E-state index < -0.39 is 23.9 Å². The predicted octanol–water partition coefficient (Wildman–Crippen LogP) is 2.96. The summed E-state index contributed by atoms with van der Waals surface area (Å²) < 4.78 is 51.3. The van der Waals surface area contributed by atoms with Gasteiger partial charge in [0.05, 0.1) is 14.9 Å². The van der Waals surface area contributed by atoms with Crippen molar-refractivity contribution >= 4 is 15.9 Å². The molecule has 1 aromatic carbocycles. The monoisotopic (exact) mass is 256 g/mol. The van der Waals surface area contributed by atoms with E-state index in [1.165, 1.54) is 6.07 Å². The molecule has 0 aliphatic rings. The normalized spacial score (nSPS) is 15.2. The van der Waals surface area contributed by atoms with Crippen LogP contribution in [-0.4, -0.2) is 5.11 Å². The lowest BCUT2D eigenvalue weighted by atomic mass is 10.1. The molecule has 5 heteroatoms. The van der Waals surface area contributed by atoms with Crippen molar-refractivity contribution < 1.29 is 21.0 Å². The van der Waals surface area contributed by atoms with Crippen LogP contribution in [0.4, 0.5) is 13.2 Å². The van der Waals surface area contributed by atoms with Crippen LogP contribution in [0.25, 0.3) is 0 Å². The van der Waals surface area contributed by atoms with Gasteiger partial charge in [-0.3, -0.25) is 0 Å². The Bertz CT molecular complexity index is 373. The van der Waals surface area contributed by atoms with Gasteiger partial charge in [-0.25, -0.2) is 0 Å². The summed E-state index contributed by atoms with van der Waals surface area (Å²) in [6.45, 7) is -3.01. The molecule has 0 fully saturated rings. The fraction of sp³-hybridized carbons (Fsp3) is 0.250. The molecule has 1 rings (SSSR count). The highest BCUT2D eigenvalue weighted by molar-refractivity contribution is 9.10. The van der Waals surface area contributed by atoms with E-state index in [2.05, 4.69) is 15.9 Å². The van der Waals surface area contributed by atoms with Crippen LogP contribution in [0.3, 0.4) is 0 Å². The van der Waals surface area contributed by atoms with Crippen LogP contribution >= 0.6 is 15.9 Å². The average molecular weight is 257 g/mol. The third-order valence-corrected chi connectivity index (χ3v) is 1.90. The first-order valence-corrected chi connectivity index (χ1v) is 4.01. The molecule has 0 saturated carbocycles. The predicted molar refractivity (Wildman–Crippen MR) is 45.1 cm³/mol. The SMILES string of the molecule is [2H]C([2H])(O)c1ccc(Br)cc1C(F)(F)F. The molecule has 0 heterocycles. The molecule has 0 aromatic heterocycles. The third-order valence-electron chi connectivity index (χ3n) is 1.41. The summed E-state index contributed by atoms with van der Waals surface area (Å²) in [7, 11) is 0. The minimum absolute atomic E-state index is 0.169. The molecule has 0 bridgehead atoms. The molecule has 1 N–H and O–H groups in total. The van der Waals surface area contributed by atoms with Crippen molar-refractivity contribution in [2.75, 3.05) is 0 Å². The number of aliphatic hydroxyl groups is 1. The Morgan fingerprint density at radius 1 is 1.46 bits per heavy atom. The summed E-state index contributed by atoms with van der Waals surface area (Å²) >= 11 is 2.85. The lowest BCUT2D eigenvalue weighted by Crippen LogP contribution is -2.09. The molecule has 1 aromatic rings. The molecule has 0 spiro atoms. The average Bonchev–Trinajstić information content (AvgIpc) is 2.00. The van der Waals surface area contributed by atoms with E-state index in [-0.39, 0.29) is 4.47 Å². The number of benzene rings is 1. The lowest BCUT2D eigenvalue weighted by Gasteiger charge is -2.11. The molecule has 0 aliphatic heterocycles. The zero-order valence-electron chi connectivity index (χ0n) is 8.19. The molecule has 72 valence electrons. The highest BCUT2D eigenvalue weighted by Crippen LogP contribution is 2.33. The van der Waals surface area contributed by atoms with E-state index in [0.29, 0.717) is 0 Å². The number of halogens is 4. The van der Waals surface area contributed by atoms with Crippen LogP contribution in [0.15, 0.2) is 22.7 Å². The number of rotatable bonds is 1. The number of alkyl halides is 3.